The fraction of sp³-hybridized carbons (Fsp3) is 0.278. The number of rotatable bonds is 1. The summed E-state index contributed by atoms with van der Waals surface area (Å²) in [5.74, 6) is 0. The molecule has 0 saturated carbocycles. The number of hydrogen-bond acceptors (Lipinski definition) is 1. The number of para-hydroxylation sites is 1. The second-order valence-electron chi connectivity index (χ2n) is 5.67. The second-order valence-corrected chi connectivity index (χ2v) is 5.67. The molecule has 0 unspecified atom stereocenters. The van der Waals surface area contributed by atoms with E-state index in [4.69, 9.17) is 0 Å². The van der Waals surface area contributed by atoms with Crippen molar-refractivity contribution in [3.63, 3.8) is 0 Å². The van der Waals surface area contributed by atoms with Crippen molar-refractivity contribution >= 4 is 17.6 Å². The Morgan fingerprint density at radius 2 is 1.70 bits per heavy atom. The van der Waals surface area contributed by atoms with Crippen LogP contribution in [0.15, 0.2) is 36.4 Å². The normalized spacial score (nSPS) is 14.0. The maximum atomic E-state index is 2.34. The minimum absolute atomic E-state index is 0.889. The highest BCUT2D eigenvalue weighted by atomic mass is 15.3. The molecule has 20 heavy (non-hydrogen) atoms. The monoisotopic (exact) mass is 265 g/mol. The van der Waals surface area contributed by atoms with Crippen LogP contribution in [-0.4, -0.2) is 24.5 Å². The minimum atomic E-state index is 0.889. The van der Waals surface area contributed by atoms with E-state index in [2.05, 4.69) is 79.9 Å². The molecule has 1 heterocycles. The van der Waals surface area contributed by atoms with E-state index in [0.29, 0.717) is 0 Å². The molecule has 0 aromatic heterocycles. The van der Waals surface area contributed by atoms with E-state index in [1.54, 1.807) is 0 Å². The van der Waals surface area contributed by atoms with Gasteiger partial charge in [-0.15, -0.1) is 0 Å². The Hall–Kier alpha value is -2.09. The molecule has 0 spiro atoms. The zero-order valence-corrected chi connectivity index (χ0v) is 12.6. The first-order chi connectivity index (χ1) is 9.58. The molecule has 2 aromatic rings. The van der Waals surface area contributed by atoms with Crippen molar-refractivity contribution in [3.8, 4) is 0 Å². The van der Waals surface area contributed by atoms with Gasteiger partial charge in [-0.3, -0.25) is 0 Å². The largest absolute Gasteiger partial charge is 0.319 e. The lowest BCUT2D eigenvalue weighted by atomic mass is 9.96. The number of nitrogens with zero attached hydrogens (tertiary/aromatic N) is 2. The van der Waals surface area contributed by atoms with Gasteiger partial charge in [-0.2, -0.15) is 4.58 Å². The van der Waals surface area contributed by atoms with Crippen molar-refractivity contribution < 1.29 is 4.58 Å². The molecule has 1 aliphatic heterocycles. The van der Waals surface area contributed by atoms with E-state index in [1.807, 2.05) is 0 Å². The average Bonchev–Trinajstić information content (AvgIpc) is 2.45. The molecule has 102 valence electrons. The molecule has 2 aromatic carbocycles. The molecule has 0 aliphatic carbocycles. The standard InChI is InChI=1S/C18H21N2/c1-13-10-14(2)18-17(15(13)3)11-20(12-19(18)4)16-8-6-5-7-9-16/h5-11H,12H2,1-4H3/q+1. The van der Waals surface area contributed by atoms with Crippen molar-refractivity contribution in [1.29, 1.82) is 0 Å². The van der Waals surface area contributed by atoms with Gasteiger partial charge in [0, 0.05) is 19.2 Å². The van der Waals surface area contributed by atoms with E-state index in [0.717, 1.165) is 6.67 Å². The van der Waals surface area contributed by atoms with E-state index >= 15 is 0 Å². The molecule has 3 rings (SSSR count). The minimum Gasteiger partial charge on any atom is -0.319 e. The number of aryl methyl sites for hydroxylation is 2. The van der Waals surface area contributed by atoms with Crippen molar-refractivity contribution in [2.75, 3.05) is 18.6 Å². The van der Waals surface area contributed by atoms with E-state index in [9.17, 15) is 0 Å². The molecule has 0 bridgehead atoms. The van der Waals surface area contributed by atoms with Crippen LogP contribution in [0.1, 0.15) is 22.3 Å². The quantitative estimate of drug-likeness (QED) is 0.711. The highest BCUT2D eigenvalue weighted by molar-refractivity contribution is 5.90. The first-order valence-electron chi connectivity index (χ1n) is 7.06. The molecule has 0 N–H and O–H groups in total. The van der Waals surface area contributed by atoms with Gasteiger partial charge in [0.25, 0.3) is 0 Å². The third-order valence-electron chi connectivity index (χ3n) is 4.18. The van der Waals surface area contributed by atoms with Crippen LogP contribution in [0.3, 0.4) is 0 Å². The molecule has 0 amide bonds. The van der Waals surface area contributed by atoms with Gasteiger partial charge in [-0.05, 0) is 37.5 Å². The van der Waals surface area contributed by atoms with Gasteiger partial charge in [0.2, 0.25) is 12.4 Å². The maximum absolute atomic E-state index is 2.34. The summed E-state index contributed by atoms with van der Waals surface area (Å²) in [6, 6.07) is 12.8. The Labute approximate surface area is 121 Å². The van der Waals surface area contributed by atoms with Gasteiger partial charge in [-0.25, -0.2) is 0 Å². The van der Waals surface area contributed by atoms with Gasteiger partial charge in [0.05, 0.1) is 11.3 Å². The predicted molar refractivity (Wildman–Crippen MR) is 85.5 cm³/mol. The van der Waals surface area contributed by atoms with Crippen LogP contribution in [-0.2, 0) is 0 Å². The average molecular weight is 265 g/mol. The van der Waals surface area contributed by atoms with Crippen LogP contribution in [0.4, 0.5) is 11.4 Å². The van der Waals surface area contributed by atoms with Crippen LogP contribution in [0.5, 0.6) is 0 Å². The molecule has 1 aliphatic rings. The molecule has 0 saturated heterocycles. The molecule has 0 fully saturated rings. The Morgan fingerprint density at radius 1 is 1.00 bits per heavy atom. The molecule has 2 nitrogen and oxygen atoms in total. The first kappa shape index (κ1) is 12.9. The fourth-order valence-corrected chi connectivity index (χ4v) is 3.04. The van der Waals surface area contributed by atoms with Gasteiger partial charge < -0.3 is 4.90 Å². The van der Waals surface area contributed by atoms with E-state index in [-0.39, 0.29) is 0 Å². The van der Waals surface area contributed by atoms with Gasteiger partial charge in [0.15, 0.2) is 6.21 Å². The van der Waals surface area contributed by atoms with Crippen molar-refractivity contribution in [3.05, 3.63) is 58.7 Å². The Balaban J connectivity index is 2.21. The summed E-state index contributed by atoms with van der Waals surface area (Å²) >= 11 is 0. The molecular formula is C18H21N2+. The van der Waals surface area contributed by atoms with Crippen LogP contribution in [0.25, 0.3) is 0 Å². The SMILES string of the molecule is Cc1cc(C)c2c(c1C)C=[N+](c1ccccc1)CN2C. The summed E-state index contributed by atoms with van der Waals surface area (Å²) in [6.45, 7) is 7.50. The van der Waals surface area contributed by atoms with Crippen LogP contribution >= 0.6 is 0 Å². The topological polar surface area (TPSA) is 6.25 Å². The summed E-state index contributed by atoms with van der Waals surface area (Å²) in [5, 5.41) is 0. The van der Waals surface area contributed by atoms with E-state index in [1.165, 1.54) is 33.6 Å². The lowest BCUT2D eigenvalue weighted by molar-refractivity contribution is -0.435. The summed E-state index contributed by atoms with van der Waals surface area (Å²) in [6.07, 6.45) is 2.29. The summed E-state index contributed by atoms with van der Waals surface area (Å²) in [5.41, 5.74) is 8.04. The van der Waals surface area contributed by atoms with Gasteiger partial charge in [0.1, 0.15) is 0 Å². The smallest absolute Gasteiger partial charge is 0.224 e. The van der Waals surface area contributed by atoms with E-state index < -0.39 is 0 Å². The van der Waals surface area contributed by atoms with Crippen molar-refractivity contribution in [2.45, 2.75) is 20.8 Å². The zero-order chi connectivity index (χ0) is 14.3. The van der Waals surface area contributed by atoms with Gasteiger partial charge in [-0.1, -0.05) is 24.3 Å². The lowest BCUT2D eigenvalue weighted by Crippen LogP contribution is -2.33. The van der Waals surface area contributed by atoms with Crippen molar-refractivity contribution in [2.24, 2.45) is 0 Å². The Morgan fingerprint density at radius 3 is 2.40 bits per heavy atom. The fourth-order valence-electron chi connectivity index (χ4n) is 3.04. The van der Waals surface area contributed by atoms with Crippen LogP contribution < -0.4 is 4.90 Å². The number of benzene rings is 2. The highest BCUT2D eigenvalue weighted by Gasteiger charge is 2.25. The lowest BCUT2D eigenvalue weighted by Gasteiger charge is -2.27. The highest BCUT2D eigenvalue weighted by Crippen LogP contribution is 2.31. The molecular weight excluding hydrogens is 244 g/mol. The number of anilines is 1. The molecule has 2 heteroatoms. The summed E-state index contributed by atoms with van der Waals surface area (Å²) in [7, 11) is 2.17. The number of hydrogen-bond donors (Lipinski definition) is 0. The second kappa shape index (κ2) is 4.78. The zero-order valence-electron chi connectivity index (χ0n) is 12.6. The summed E-state index contributed by atoms with van der Waals surface area (Å²) in [4.78, 5) is 2.34. The van der Waals surface area contributed by atoms with Crippen LogP contribution in [0, 0.1) is 20.8 Å². The molecule has 0 radical (unpaired) electrons. The molecule has 0 atom stereocenters. The summed E-state index contributed by atoms with van der Waals surface area (Å²) < 4.78 is 2.31. The third kappa shape index (κ3) is 2.01. The van der Waals surface area contributed by atoms with Crippen LogP contribution in [0.2, 0.25) is 0 Å². The van der Waals surface area contributed by atoms with Crippen molar-refractivity contribution in [1.82, 2.24) is 0 Å². The maximum Gasteiger partial charge on any atom is 0.224 e. The van der Waals surface area contributed by atoms with Gasteiger partial charge >= 0.3 is 0 Å². The Kier molecular flexibility index (Phi) is 3.09. The predicted octanol–water partition coefficient (Wildman–Crippen LogP) is 3.78. The first-order valence-corrected chi connectivity index (χ1v) is 7.06. The third-order valence-corrected chi connectivity index (χ3v) is 4.18. The number of fused-ring (bicyclic) bond motifs is 1. The Bertz CT molecular complexity index is 684.